The van der Waals surface area contributed by atoms with Gasteiger partial charge in [0.25, 0.3) is 0 Å². The highest BCUT2D eigenvalue weighted by Gasteiger charge is 2.31. The zero-order valence-corrected chi connectivity index (χ0v) is 16.1. The summed E-state index contributed by atoms with van der Waals surface area (Å²) < 4.78 is 0. The first-order valence-electron chi connectivity index (χ1n) is 8.73. The normalized spacial score (nSPS) is 16.0. The number of carbonyl (C=O) groups excluding carboxylic acids is 4. The van der Waals surface area contributed by atoms with Crippen molar-refractivity contribution >= 4 is 29.6 Å². The van der Waals surface area contributed by atoms with E-state index in [0.717, 1.165) is 0 Å². The molecule has 0 aromatic heterocycles. The third-order valence-electron chi connectivity index (χ3n) is 4.10. The number of primary amides is 1. The van der Waals surface area contributed by atoms with Crippen LogP contribution in [0.1, 0.15) is 33.6 Å². The molecule has 0 aliphatic carbocycles. The van der Waals surface area contributed by atoms with E-state index in [1.165, 1.54) is 6.92 Å². The van der Waals surface area contributed by atoms with E-state index in [9.17, 15) is 29.1 Å². The molecule has 0 fully saturated rings. The van der Waals surface area contributed by atoms with Crippen LogP contribution in [0, 0.1) is 5.92 Å². The number of aliphatic carboxylic acids is 1. The molecular weight excluding hydrogens is 374 g/mol. The fourth-order valence-electron chi connectivity index (χ4n) is 2.10. The minimum atomic E-state index is -1.43. The quantitative estimate of drug-likeness (QED) is 0.175. The van der Waals surface area contributed by atoms with Crippen molar-refractivity contribution in [1.29, 1.82) is 0 Å². The molecule has 0 radical (unpaired) electrons. The molecule has 0 saturated heterocycles. The van der Waals surface area contributed by atoms with Gasteiger partial charge < -0.3 is 37.6 Å². The fourth-order valence-corrected chi connectivity index (χ4v) is 2.10. The maximum absolute atomic E-state index is 12.4. The Balaban J connectivity index is 5.15. The number of nitrogens with one attached hydrogen (secondary N) is 3. The number of hydrogen-bond donors (Lipinski definition) is 7. The number of aliphatic hydroxyl groups is 1. The van der Waals surface area contributed by atoms with Gasteiger partial charge in [-0.3, -0.25) is 24.0 Å². The highest BCUT2D eigenvalue weighted by atomic mass is 16.4. The van der Waals surface area contributed by atoms with Crippen molar-refractivity contribution in [3.63, 3.8) is 0 Å². The summed E-state index contributed by atoms with van der Waals surface area (Å²) in [6, 6.07) is -4.99. The molecule has 0 aromatic rings. The second-order valence-electron chi connectivity index (χ2n) is 6.46. The van der Waals surface area contributed by atoms with E-state index in [4.69, 9.17) is 16.6 Å². The maximum Gasteiger partial charge on any atom is 0.325 e. The van der Waals surface area contributed by atoms with Crippen molar-refractivity contribution in [2.45, 2.75) is 57.8 Å². The lowest BCUT2D eigenvalue weighted by Gasteiger charge is -2.27. The predicted molar refractivity (Wildman–Crippen MR) is 97.4 cm³/mol. The van der Waals surface area contributed by atoms with Gasteiger partial charge in [0.1, 0.15) is 18.1 Å². The minimum Gasteiger partial charge on any atom is -0.480 e. The standard InChI is InChI=1S/C16H29N5O7/c1-4-7(2)12(15(26)19-8(3)16(27)28)21-14(25)10(6-22)20-13(24)9(17)5-11(18)23/h7-10,12,22H,4-6,17H2,1-3H3,(H2,18,23)(H,19,26)(H,20,24)(H,21,25)(H,27,28). The largest absolute Gasteiger partial charge is 0.480 e. The third kappa shape index (κ3) is 8.31. The van der Waals surface area contributed by atoms with Crippen molar-refractivity contribution in [3.05, 3.63) is 0 Å². The first-order chi connectivity index (χ1) is 12.9. The zero-order valence-electron chi connectivity index (χ0n) is 16.1. The molecule has 0 rings (SSSR count). The van der Waals surface area contributed by atoms with Crippen LogP contribution >= 0.6 is 0 Å². The molecule has 12 nitrogen and oxygen atoms in total. The van der Waals surface area contributed by atoms with Crippen molar-refractivity contribution in [1.82, 2.24) is 16.0 Å². The molecule has 0 spiro atoms. The summed E-state index contributed by atoms with van der Waals surface area (Å²) >= 11 is 0. The van der Waals surface area contributed by atoms with Gasteiger partial charge in [-0.15, -0.1) is 0 Å². The van der Waals surface area contributed by atoms with Crippen molar-refractivity contribution in [2.75, 3.05) is 6.61 Å². The molecule has 28 heavy (non-hydrogen) atoms. The zero-order chi connectivity index (χ0) is 22.0. The van der Waals surface area contributed by atoms with Crippen LogP contribution in [0.25, 0.3) is 0 Å². The van der Waals surface area contributed by atoms with Gasteiger partial charge in [-0.25, -0.2) is 0 Å². The van der Waals surface area contributed by atoms with E-state index < -0.39 is 66.8 Å². The Bertz CT molecular complexity index is 598. The lowest BCUT2D eigenvalue weighted by atomic mass is 9.97. The molecule has 5 unspecified atom stereocenters. The molecule has 0 saturated carbocycles. The van der Waals surface area contributed by atoms with E-state index >= 15 is 0 Å². The Morgan fingerprint density at radius 2 is 1.54 bits per heavy atom. The Morgan fingerprint density at radius 3 is 1.96 bits per heavy atom. The lowest BCUT2D eigenvalue weighted by molar-refractivity contribution is -0.142. The van der Waals surface area contributed by atoms with Crippen LogP contribution < -0.4 is 27.4 Å². The molecule has 12 heteroatoms. The van der Waals surface area contributed by atoms with Gasteiger partial charge in [-0.05, 0) is 12.8 Å². The second kappa shape index (κ2) is 11.9. The number of hydrogen-bond acceptors (Lipinski definition) is 7. The molecule has 0 aliphatic rings. The fraction of sp³-hybridized carbons (Fsp3) is 0.688. The van der Waals surface area contributed by atoms with Gasteiger partial charge in [-0.1, -0.05) is 20.3 Å². The van der Waals surface area contributed by atoms with Gasteiger partial charge >= 0.3 is 5.97 Å². The predicted octanol–water partition coefficient (Wildman–Crippen LogP) is -3.21. The maximum atomic E-state index is 12.4. The van der Waals surface area contributed by atoms with E-state index in [1.807, 2.05) is 0 Å². The number of rotatable bonds is 12. The van der Waals surface area contributed by atoms with Crippen molar-refractivity contribution in [2.24, 2.45) is 17.4 Å². The van der Waals surface area contributed by atoms with Crippen LogP contribution in [0.15, 0.2) is 0 Å². The third-order valence-corrected chi connectivity index (χ3v) is 4.10. The van der Waals surface area contributed by atoms with Crippen LogP contribution in [0.2, 0.25) is 0 Å². The highest BCUT2D eigenvalue weighted by molar-refractivity contribution is 5.95. The topological polar surface area (TPSA) is 214 Å². The Kier molecular flexibility index (Phi) is 10.7. The van der Waals surface area contributed by atoms with Gasteiger partial charge in [0.2, 0.25) is 23.6 Å². The second-order valence-corrected chi connectivity index (χ2v) is 6.46. The first kappa shape index (κ1) is 25.3. The smallest absolute Gasteiger partial charge is 0.325 e. The SMILES string of the molecule is CCC(C)C(NC(=O)C(CO)NC(=O)C(N)CC(N)=O)C(=O)NC(C)C(=O)O. The Labute approximate surface area is 162 Å². The van der Waals surface area contributed by atoms with Gasteiger partial charge in [0, 0.05) is 0 Å². The monoisotopic (exact) mass is 403 g/mol. The highest BCUT2D eigenvalue weighted by Crippen LogP contribution is 2.09. The Hall–Kier alpha value is -2.73. The van der Waals surface area contributed by atoms with Gasteiger partial charge in [0.05, 0.1) is 19.1 Å². The summed E-state index contributed by atoms with van der Waals surface area (Å²) in [6.07, 6.45) is 0.0377. The van der Waals surface area contributed by atoms with Crippen LogP contribution in [0.5, 0.6) is 0 Å². The van der Waals surface area contributed by atoms with E-state index in [1.54, 1.807) is 13.8 Å². The number of aliphatic hydroxyl groups excluding tert-OH is 1. The van der Waals surface area contributed by atoms with Crippen molar-refractivity contribution < 1.29 is 34.2 Å². The van der Waals surface area contributed by atoms with E-state index in [-0.39, 0.29) is 5.92 Å². The molecule has 160 valence electrons. The van der Waals surface area contributed by atoms with Crippen LogP contribution in [0.4, 0.5) is 0 Å². The first-order valence-corrected chi connectivity index (χ1v) is 8.73. The molecule has 0 aliphatic heterocycles. The average Bonchev–Trinajstić information content (AvgIpc) is 2.61. The average molecular weight is 403 g/mol. The molecule has 0 aromatic carbocycles. The number of carboxylic acid groups (broad SMARTS) is 1. The summed E-state index contributed by atoms with van der Waals surface area (Å²) in [7, 11) is 0. The minimum absolute atomic E-state index is 0.364. The lowest BCUT2D eigenvalue weighted by Crippen LogP contribution is -2.59. The van der Waals surface area contributed by atoms with Gasteiger partial charge in [-0.2, -0.15) is 0 Å². The molecule has 0 bridgehead atoms. The Morgan fingerprint density at radius 1 is 0.964 bits per heavy atom. The molecule has 4 amide bonds. The number of carbonyl (C=O) groups is 5. The molecule has 5 atom stereocenters. The summed E-state index contributed by atoms with van der Waals surface area (Å²) in [5.41, 5.74) is 10.4. The summed E-state index contributed by atoms with van der Waals surface area (Å²) in [5.74, 6) is -4.88. The number of amides is 4. The summed E-state index contributed by atoms with van der Waals surface area (Å²) in [4.78, 5) is 58.4. The van der Waals surface area contributed by atoms with Crippen LogP contribution in [-0.4, -0.2) is 70.6 Å². The van der Waals surface area contributed by atoms with Crippen LogP contribution in [-0.2, 0) is 24.0 Å². The van der Waals surface area contributed by atoms with Gasteiger partial charge in [0.15, 0.2) is 0 Å². The van der Waals surface area contributed by atoms with Crippen LogP contribution in [0.3, 0.4) is 0 Å². The number of carboxylic acids is 1. The van der Waals surface area contributed by atoms with Crippen molar-refractivity contribution in [3.8, 4) is 0 Å². The molecular formula is C16H29N5O7. The van der Waals surface area contributed by atoms with E-state index in [0.29, 0.717) is 6.42 Å². The molecule has 0 heterocycles. The van der Waals surface area contributed by atoms with E-state index in [2.05, 4.69) is 16.0 Å². The summed E-state index contributed by atoms with van der Waals surface area (Å²) in [6.45, 7) is 3.92. The summed E-state index contributed by atoms with van der Waals surface area (Å²) in [5, 5.41) is 25.1. The molecule has 9 N–H and O–H groups in total. The number of nitrogens with two attached hydrogens (primary N) is 2.